The lowest BCUT2D eigenvalue weighted by Crippen LogP contribution is -2.34. The highest BCUT2D eigenvalue weighted by Gasteiger charge is 2.21. The van der Waals surface area contributed by atoms with Crippen LogP contribution >= 0.6 is 34.7 Å². The molecular weight excluding hydrogens is 306 g/mol. The highest BCUT2D eigenvalue weighted by atomic mass is 35.5. The maximum absolute atomic E-state index is 6.50. The molecule has 0 saturated heterocycles. The Hall–Kier alpha value is -0.220. The molecule has 0 aliphatic heterocycles. The third kappa shape index (κ3) is 3.16. The minimum atomic E-state index is 0.655. The molecule has 0 spiro atoms. The van der Waals surface area contributed by atoms with E-state index in [4.69, 9.17) is 11.6 Å². The van der Waals surface area contributed by atoms with Crippen LogP contribution in [0.5, 0.6) is 0 Å². The number of hydrogen-bond donors (Lipinski definition) is 1. The fourth-order valence-electron chi connectivity index (χ4n) is 2.96. The molecule has 0 bridgehead atoms. The predicted octanol–water partition coefficient (Wildman–Crippen LogP) is 5.32. The molecule has 1 saturated carbocycles. The molecular formula is C16H20ClNS2. The second-order valence-corrected chi connectivity index (χ2v) is 8.09. The molecule has 1 nitrogen and oxygen atoms in total. The predicted molar refractivity (Wildman–Crippen MR) is 93.2 cm³/mol. The summed E-state index contributed by atoms with van der Waals surface area (Å²) in [4.78, 5) is 1.28. The molecule has 0 amide bonds. The second kappa shape index (κ2) is 6.69. The maximum Gasteiger partial charge on any atom is 0.0636 e. The van der Waals surface area contributed by atoms with Crippen molar-refractivity contribution in [3.8, 4) is 0 Å². The van der Waals surface area contributed by atoms with Gasteiger partial charge in [0.25, 0.3) is 0 Å². The van der Waals surface area contributed by atoms with Gasteiger partial charge in [0.2, 0.25) is 0 Å². The molecule has 2 atom stereocenters. The van der Waals surface area contributed by atoms with E-state index < -0.39 is 0 Å². The first-order valence-corrected chi connectivity index (χ1v) is 9.68. The first kappa shape index (κ1) is 14.7. The summed E-state index contributed by atoms with van der Waals surface area (Å²) in [5, 5.41) is 6.69. The highest BCUT2D eigenvalue weighted by Crippen LogP contribution is 2.35. The molecule has 1 N–H and O–H groups in total. The van der Waals surface area contributed by atoms with Gasteiger partial charge in [-0.05, 0) is 31.6 Å². The van der Waals surface area contributed by atoms with Gasteiger partial charge in [-0.3, -0.25) is 0 Å². The van der Waals surface area contributed by atoms with Crippen molar-refractivity contribution < 1.29 is 0 Å². The van der Waals surface area contributed by atoms with Gasteiger partial charge < -0.3 is 5.32 Å². The van der Waals surface area contributed by atoms with Crippen LogP contribution < -0.4 is 5.32 Å². The van der Waals surface area contributed by atoms with E-state index in [0.717, 1.165) is 16.8 Å². The van der Waals surface area contributed by atoms with E-state index >= 15 is 0 Å². The van der Waals surface area contributed by atoms with E-state index in [1.54, 1.807) is 0 Å². The number of fused-ring (bicyclic) bond motifs is 1. The van der Waals surface area contributed by atoms with E-state index in [1.807, 2.05) is 23.1 Å². The zero-order valence-corrected chi connectivity index (χ0v) is 14.1. The SMILES string of the molecule is CSC1CCCC(NCc2sc3ccccc3c2Cl)C1. The van der Waals surface area contributed by atoms with Crippen LogP contribution in [0, 0.1) is 0 Å². The lowest BCUT2D eigenvalue weighted by Gasteiger charge is -2.28. The van der Waals surface area contributed by atoms with Crippen molar-refractivity contribution in [1.29, 1.82) is 0 Å². The molecule has 1 aliphatic carbocycles. The van der Waals surface area contributed by atoms with Crippen molar-refractivity contribution in [3.05, 3.63) is 34.2 Å². The average molecular weight is 326 g/mol. The fourth-order valence-corrected chi connectivity index (χ4v) is 5.24. The summed E-state index contributed by atoms with van der Waals surface area (Å²) < 4.78 is 1.29. The molecule has 2 aromatic rings. The smallest absolute Gasteiger partial charge is 0.0636 e. The van der Waals surface area contributed by atoms with E-state index in [0.29, 0.717) is 6.04 Å². The Morgan fingerprint density at radius 1 is 1.35 bits per heavy atom. The number of thiophene rings is 1. The average Bonchev–Trinajstić information content (AvgIpc) is 2.82. The Balaban J connectivity index is 1.66. The molecule has 1 aromatic carbocycles. The van der Waals surface area contributed by atoms with Gasteiger partial charge >= 0.3 is 0 Å². The van der Waals surface area contributed by atoms with Gasteiger partial charge in [-0.25, -0.2) is 0 Å². The number of thioether (sulfide) groups is 1. The fraction of sp³-hybridized carbons (Fsp3) is 0.500. The molecule has 1 heterocycles. The van der Waals surface area contributed by atoms with Crippen LogP contribution in [-0.4, -0.2) is 17.5 Å². The molecule has 3 rings (SSSR count). The molecule has 108 valence electrons. The van der Waals surface area contributed by atoms with Crippen LogP contribution in [0.4, 0.5) is 0 Å². The Kier molecular flexibility index (Phi) is 4.92. The van der Waals surface area contributed by atoms with Crippen LogP contribution in [-0.2, 0) is 6.54 Å². The maximum atomic E-state index is 6.50. The third-order valence-corrected chi connectivity index (χ3v) is 6.92. The van der Waals surface area contributed by atoms with Crippen LogP contribution in [0.25, 0.3) is 10.1 Å². The van der Waals surface area contributed by atoms with E-state index in [-0.39, 0.29) is 0 Å². The van der Waals surface area contributed by atoms with Gasteiger partial charge in [-0.15, -0.1) is 11.3 Å². The van der Waals surface area contributed by atoms with Crippen LogP contribution in [0.15, 0.2) is 24.3 Å². The molecule has 1 fully saturated rings. The zero-order chi connectivity index (χ0) is 13.9. The summed E-state index contributed by atoms with van der Waals surface area (Å²) in [5.74, 6) is 0. The summed E-state index contributed by atoms with van der Waals surface area (Å²) >= 11 is 10.3. The van der Waals surface area contributed by atoms with E-state index in [1.165, 1.54) is 40.6 Å². The molecule has 1 aliphatic rings. The topological polar surface area (TPSA) is 12.0 Å². The van der Waals surface area contributed by atoms with Crippen molar-refractivity contribution >= 4 is 44.8 Å². The lowest BCUT2D eigenvalue weighted by molar-refractivity contribution is 0.381. The minimum Gasteiger partial charge on any atom is -0.309 e. The van der Waals surface area contributed by atoms with Gasteiger partial charge in [0, 0.05) is 32.8 Å². The van der Waals surface area contributed by atoms with Crippen molar-refractivity contribution in [2.24, 2.45) is 0 Å². The first-order chi connectivity index (χ1) is 9.78. The Labute approximate surface area is 134 Å². The molecule has 4 heteroatoms. The third-order valence-electron chi connectivity index (χ3n) is 4.11. The van der Waals surface area contributed by atoms with E-state index in [2.05, 4.69) is 35.8 Å². The summed E-state index contributed by atoms with van der Waals surface area (Å²) in [6, 6.07) is 9.06. The monoisotopic (exact) mass is 325 g/mol. The van der Waals surface area contributed by atoms with Gasteiger partial charge in [0.05, 0.1) is 5.02 Å². The quantitative estimate of drug-likeness (QED) is 0.816. The number of hydrogen-bond acceptors (Lipinski definition) is 3. The number of nitrogens with one attached hydrogen (secondary N) is 1. The molecule has 1 aromatic heterocycles. The van der Waals surface area contributed by atoms with Crippen molar-refractivity contribution in [2.45, 2.75) is 43.5 Å². The van der Waals surface area contributed by atoms with Crippen molar-refractivity contribution in [3.63, 3.8) is 0 Å². The second-order valence-electron chi connectivity index (χ2n) is 5.44. The minimum absolute atomic E-state index is 0.655. The normalized spacial score (nSPS) is 23.3. The lowest BCUT2D eigenvalue weighted by atomic mass is 9.95. The first-order valence-electron chi connectivity index (χ1n) is 7.20. The zero-order valence-electron chi connectivity index (χ0n) is 11.7. The number of benzene rings is 1. The van der Waals surface area contributed by atoms with Crippen molar-refractivity contribution in [1.82, 2.24) is 5.32 Å². The number of rotatable bonds is 4. The Morgan fingerprint density at radius 3 is 3.00 bits per heavy atom. The van der Waals surface area contributed by atoms with Crippen LogP contribution in [0.2, 0.25) is 5.02 Å². The van der Waals surface area contributed by atoms with Crippen molar-refractivity contribution in [2.75, 3.05) is 6.26 Å². The highest BCUT2D eigenvalue weighted by molar-refractivity contribution is 7.99. The summed E-state index contributed by atoms with van der Waals surface area (Å²) in [7, 11) is 0. The largest absolute Gasteiger partial charge is 0.309 e. The van der Waals surface area contributed by atoms with Gasteiger partial charge in [0.15, 0.2) is 0 Å². The summed E-state index contributed by atoms with van der Waals surface area (Å²) in [6.07, 6.45) is 7.56. The van der Waals surface area contributed by atoms with Gasteiger partial charge in [-0.1, -0.05) is 36.2 Å². The van der Waals surface area contributed by atoms with E-state index in [9.17, 15) is 0 Å². The van der Waals surface area contributed by atoms with Crippen LogP contribution in [0.3, 0.4) is 0 Å². The Bertz CT molecular complexity index is 581. The summed E-state index contributed by atoms with van der Waals surface area (Å²) in [6.45, 7) is 0.907. The molecule has 20 heavy (non-hydrogen) atoms. The number of halogens is 1. The van der Waals surface area contributed by atoms with Crippen LogP contribution in [0.1, 0.15) is 30.6 Å². The molecule has 2 unspecified atom stereocenters. The standard InChI is InChI=1S/C16H20ClNS2/c1-19-12-6-4-5-11(9-12)18-10-15-16(17)13-7-2-3-8-14(13)20-15/h2-3,7-8,11-12,18H,4-6,9-10H2,1H3. The molecule has 0 radical (unpaired) electrons. The van der Waals surface area contributed by atoms with Gasteiger partial charge in [-0.2, -0.15) is 11.8 Å². The Morgan fingerprint density at radius 2 is 2.20 bits per heavy atom. The van der Waals surface area contributed by atoms with Gasteiger partial charge in [0.1, 0.15) is 0 Å². The summed E-state index contributed by atoms with van der Waals surface area (Å²) in [5.41, 5.74) is 0.